The molecule has 0 spiro atoms. The summed E-state index contributed by atoms with van der Waals surface area (Å²) in [4.78, 5) is 25.5. The number of likely N-dealkylation sites (N-methyl/N-ethyl adjacent to an activating group) is 1. The van der Waals surface area contributed by atoms with Crippen LogP contribution in [0, 0.1) is 6.92 Å². The lowest BCUT2D eigenvalue weighted by Gasteiger charge is -2.31. The summed E-state index contributed by atoms with van der Waals surface area (Å²) in [6.07, 6.45) is 6.74. The van der Waals surface area contributed by atoms with Crippen molar-refractivity contribution in [3.05, 3.63) is 40.8 Å². The van der Waals surface area contributed by atoms with Crippen molar-refractivity contribution in [1.82, 2.24) is 9.62 Å². The quantitative estimate of drug-likeness (QED) is 0.666. The molecule has 1 aliphatic rings. The lowest BCUT2D eigenvalue weighted by atomic mass is 9.94. The molecule has 1 saturated carbocycles. The van der Waals surface area contributed by atoms with Gasteiger partial charge in [0.1, 0.15) is 6.54 Å². The summed E-state index contributed by atoms with van der Waals surface area (Å²) in [7, 11) is -2.07. The molecule has 1 fully saturated rings. The first-order valence-corrected chi connectivity index (χ1v) is 11.0. The first-order valence-electron chi connectivity index (χ1n) is 9.42. The van der Waals surface area contributed by atoms with E-state index in [1.54, 1.807) is 24.1 Å². The smallest absolute Gasteiger partial charge is 0.321 e. The molecule has 1 amide bonds. The van der Waals surface area contributed by atoms with Crippen molar-refractivity contribution in [3.63, 3.8) is 0 Å². The second-order valence-electron chi connectivity index (χ2n) is 7.04. The van der Waals surface area contributed by atoms with Crippen molar-refractivity contribution in [3.8, 4) is 0 Å². The highest BCUT2D eigenvalue weighted by Gasteiger charge is 2.22. The fourth-order valence-corrected chi connectivity index (χ4v) is 3.77. The Labute approximate surface area is 166 Å². The molecule has 0 aliphatic heterocycles. The van der Waals surface area contributed by atoms with E-state index in [4.69, 9.17) is 4.74 Å². The molecule has 0 unspecified atom stereocenters. The minimum Gasteiger partial charge on any atom is -0.455 e. The first kappa shape index (κ1) is 22.1. The Balaban J connectivity index is 1.74. The van der Waals surface area contributed by atoms with Gasteiger partial charge in [0.05, 0.1) is 0 Å². The van der Waals surface area contributed by atoms with Gasteiger partial charge in [-0.3, -0.25) is 9.59 Å². The largest absolute Gasteiger partial charge is 0.455 e. The normalized spacial score (nSPS) is 15.5. The number of carbonyl (C=O) groups is 2. The highest BCUT2D eigenvalue weighted by Crippen LogP contribution is 2.21. The van der Waals surface area contributed by atoms with Crippen molar-refractivity contribution in [1.29, 1.82) is 0 Å². The summed E-state index contributed by atoms with van der Waals surface area (Å²) in [5.41, 5.74) is 1.81. The Morgan fingerprint density at radius 1 is 1.18 bits per heavy atom. The molecule has 0 radical (unpaired) electrons. The summed E-state index contributed by atoms with van der Waals surface area (Å²) >= 11 is 0. The summed E-state index contributed by atoms with van der Waals surface area (Å²) in [5, 5.41) is 0.993. The zero-order valence-electron chi connectivity index (χ0n) is 16.4. The van der Waals surface area contributed by atoms with Gasteiger partial charge in [-0.05, 0) is 31.4 Å². The van der Waals surface area contributed by atoms with Crippen LogP contribution in [0.15, 0.2) is 29.7 Å². The van der Waals surface area contributed by atoms with Gasteiger partial charge in [-0.2, -0.15) is 0 Å². The number of sulfonamides is 1. The van der Waals surface area contributed by atoms with Gasteiger partial charge < -0.3 is 9.64 Å². The molecule has 0 saturated heterocycles. The van der Waals surface area contributed by atoms with Gasteiger partial charge in [0.15, 0.2) is 6.61 Å². The molecular weight excluding hydrogens is 380 g/mol. The number of esters is 1. The maximum absolute atomic E-state index is 12.1. The van der Waals surface area contributed by atoms with Crippen LogP contribution in [0.5, 0.6) is 0 Å². The van der Waals surface area contributed by atoms with Crippen molar-refractivity contribution in [2.24, 2.45) is 0 Å². The van der Waals surface area contributed by atoms with Crippen molar-refractivity contribution >= 4 is 28.0 Å². The zero-order chi connectivity index (χ0) is 20.6. The van der Waals surface area contributed by atoms with Gasteiger partial charge in [0, 0.05) is 18.5 Å². The molecule has 1 aromatic rings. The number of hydrogen-bond donors (Lipinski definition) is 1. The molecule has 0 atom stereocenters. The highest BCUT2D eigenvalue weighted by atomic mass is 32.2. The van der Waals surface area contributed by atoms with Crippen LogP contribution >= 0.6 is 0 Å². The number of nitrogens with zero attached hydrogens (tertiary/aromatic N) is 1. The summed E-state index contributed by atoms with van der Waals surface area (Å²) in [6.45, 7) is 1.03. The van der Waals surface area contributed by atoms with Crippen LogP contribution in [0.1, 0.15) is 43.2 Å². The number of aryl methyl sites for hydroxylation is 1. The molecule has 28 heavy (non-hydrogen) atoms. The maximum atomic E-state index is 12.1. The molecule has 0 heterocycles. The van der Waals surface area contributed by atoms with Gasteiger partial charge in [0.25, 0.3) is 5.91 Å². The standard InChI is InChI=1S/C20H28N2O5S/c1-16-8-10-17(11-9-16)12-13-28(25,26)21-14-20(24)27-15-19(23)22(2)18-6-4-3-5-7-18/h8-13,18,21H,3-7,14-15H2,1-2H3/b13-12+. The van der Waals surface area contributed by atoms with E-state index in [-0.39, 0.29) is 18.6 Å². The average Bonchev–Trinajstić information content (AvgIpc) is 2.70. The molecule has 0 bridgehead atoms. The minimum absolute atomic E-state index is 0.186. The van der Waals surface area contributed by atoms with E-state index >= 15 is 0 Å². The monoisotopic (exact) mass is 408 g/mol. The summed E-state index contributed by atoms with van der Waals surface area (Å²) in [6, 6.07) is 7.52. The molecular formula is C20H28N2O5S. The van der Waals surface area contributed by atoms with Crippen LogP contribution in [0.25, 0.3) is 6.08 Å². The molecule has 1 aromatic carbocycles. The number of amides is 1. The van der Waals surface area contributed by atoms with Crippen LogP contribution in [0.2, 0.25) is 0 Å². The predicted molar refractivity (Wildman–Crippen MR) is 108 cm³/mol. The van der Waals surface area contributed by atoms with E-state index in [0.717, 1.165) is 42.2 Å². The third-order valence-electron chi connectivity index (χ3n) is 4.81. The molecule has 1 aliphatic carbocycles. The Morgan fingerprint density at radius 3 is 2.46 bits per heavy atom. The number of benzene rings is 1. The topological polar surface area (TPSA) is 92.8 Å². The van der Waals surface area contributed by atoms with Gasteiger partial charge >= 0.3 is 5.97 Å². The van der Waals surface area contributed by atoms with E-state index in [1.165, 1.54) is 12.5 Å². The van der Waals surface area contributed by atoms with E-state index in [1.807, 2.05) is 19.1 Å². The Morgan fingerprint density at radius 2 is 1.82 bits per heavy atom. The van der Waals surface area contributed by atoms with Gasteiger partial charge in [-0.15, -0.1) is 0 Å². The highest BCUT2D eigenvalue weighted by molar-refractivity contribution is 7.92. The Kier molecular flexibility index (Phi) is 8.19. The van der Waals surface area contributed by atoms with Crippen LogP contribution in [0.3, 0.4) is 0 Å². The first-order chi connectivity index (χ1) is 13.3. The van der Waals surface area contributed by atoms with Crippen molar-refractivity contribution < 1.29 is 22.7 Å². The van der Waals surface area contributed by atoms with Crippen LogP contribution in [-0.4, -0.2) is 51.4 Å². The van der Waals surface area contributed by atoms with Crippen molar-refractivity contribution in [2.75, 3.05) is 20.2 Å². The van der Waals surface area contributed by atoms with Crippen LogP contribution in [0.4, 0.5) is 0 Å². The van der Waals surface area contributed by atoms with E-state index in [2.05, 4.69) is 4.72 Å². The van der Waals surface area contributed by atoms with Crippen LogP contribution < -0.4 is 4.72 Å². The molecule has 154 valence electrons. The predicted octanol–water partition coefficient (Wildman–Crippen LogP) is 2.22. The van der Waals surface area contributed by atoms with E-state index in [9.17, 15) is 18.0 Å². The van der Waals surface area contributed by atoms with E-state index < -0.39 is 22.5 Å². The third-order valence-corrected chi connectivity index (χ3v) is 5.85. The fraction of sp³-hybridized carbons (Fsp3) is 0.500. The molecule has 1 N–H and O–H groups in total. The molecule has 2 rings (SSSR count). The minimum atomic E-state index is -3.78. The van der Waals surface area contributed by atoms with Crippen molar-refractivity contribution in [2.45, 2.75) is 45.1 Å². The van der Waals surface area contributed by atoms with E-state index in [0.29, 0.717) is 0 Å². The molecule has 7 nitrogen and oxygen atoms in total. The van der Waals surface area contributed by atoms with Gasteiger partial charge in [-0.1, -0.05) is 49.1 Å². The number of carbonyl (C=O) groups excluding carboxylic acids is 2. The van der Waals surface area contributed by atoms with Crippen LogP contribution in [-0.2, 0) is 24.3 Å². The maximum Gasteiger partial charge on any atom is 0.321 e. The average molecular weight is 409 g/mol. The molecule has 0 aromatic heterocycles. The number of nitrogens with one attached hydrogen (secondary N) is 1. The number of rotatable bonds is 8. The second kappa shape index (κ2) is 10.4. The molecule has 8 heteroatoms. The summed E-state index contributed by atoms with van der Waals surface area (Å²) < 4.78 is 30.9. The second-order valence-corrected chi connectivity index (χ2v) is 8.69. The van der Waals surface area contributed by atoms with Gasteiger partial charge in [0.2, 0.25) is 10.0 Å². The number of ether oxygens (including phenoxy) is 1. The Bertz CT molecular complexity index is 796. The summed E-state index contributed by atoms with van der Waals surface area (Å²) in [5.74, 6) is -1.07. The lowest BCUT2D eigenvalue weighted by molar-refractivity contribution is -0.151. The SMILES string of the molecule is Cc1ccc(/C=C/S(=O)(=O)NCC(=O)OCC(=O)N(C)C2CCCCC2)cc1. The fourth-order valence-electron chi connectivity index (χ4n) is 3.02. The van der Waals surface area contributed by atoms with Gasteiger partial charge in [-0.25, -0.2) is 13.1 Å². The lowest BCUT2D eigenvalue weighted by Crippen LogP contribution is -2.41. The Hall–Kier alpha value is -2.19. The number of hydrogen-bond acceptors (Lipinski definition) is 5. The zero-order valence-corrected chi connectivity index (χ0v) is 17.2. The third kappa shape index (κ3) is 7.44.